The van der Waals surface area contributed by atoms with Crippen LogP contribution in [0.15, 0.2) is 42.7 Å². The highest BCUT2D eigenvalue weighted by Crippen LogP contribution is 2.29. The standard InChI is InChI=1S/C23H27FN4O2/c1-16-3-4-17(26-12-16)13-25-15-23(24)7-9-28(10-8-23)22(29)20-14-27-21-6-5-18(30-2)11-19(20)21/h3-6,11-12,14,25,27H,7-10,13,15H2,1-2H3. The Balaban J connectivity index is 1.34. The van der Waals surface area contributed by atoms with Gasteiger partial charge in [-0.3, -0.25) is 9.78 Å². The minimum atomic E-state index is -1.31. The Morgan fingerprint density at radius 2 is 2.10 bits per heavy atom. The Hall–Kier alpha value is -2.93. The predicted octanol–water partition coefficient (Wildman–Crippen LogP) is 3.61. The Bertz CT molecular complexity index is 1020. The number of benzene rings is 1. The molecule has 1 aromatic carbocycles. The molecule has 1 saturated heterocycles. The lowest BCUT2D eigenvalue weighted by Crippen LogP contribution is -2.48. The lowest BCUT2D eigenvalue weighted by atomic mass is 9.92. The Kier molecular flexibility index (Phi) is 5.72. The Morgan fingerprint density at radius 3 is 2.80 bits per heavy atom. The zero-order valence-electron chi connectivity index (χ0n) is 17.4. The molecule has 0 bridgehead atoms. The number of alkyl halides is 1. The number of halogens is 1. The van der Waals surface area contributed by atoms with Crippen LogP contribution in [0.1, 0.15) is 34.5 Å². The summed E-state index contributed by atoms with van der Waals surface area (Å²) >= 11 is 0. The van der Waals surface area contributed by atoms with Crippen LogP contribution in [0.5, 0.6) is 5.75 Å². The molecule has 0 atom stereocenters. The van der Waals surface area contributed by atoms with Crippen molar-refractivity contribution in [1.82, 2.24) is 20.2 Å². The first kappa shape index (κ1) is 20.3. The number of aryl methyl sites for hydroxylation is 1. The van der Waals surface area contributed by atoms with Crippen LogP contribution in [-0.4, -0.2) is 53.2 Å². The van der Waals surface area contributed by atoms with Crippen molar-refractivity contribution in [2.45, 2.75) is 32.0 Å². The molecule has 3 aromatic rings. The molecule has 30 heavy (non-hydrogen) atoms. The number of hydrogen-bond donors (Lipinski definition) is 2. The Labute approximate surface area is 175 Å². The van der Waals surface area contributed by atoms with Crippen molar-refractivity contribution >= 4 is 16.8 Å². The lowest BCUT2D eigenvalue weighted by Gasteiger charge is -2.36. The molecule has 3 heterocycles. The van der Waals surface area contributed by atoms with E-state index in [-0.39, 0.29) is 12.5 Å². The number of nitrogens with zero attached hydrogens (tertiary/aromatic N) is 2. The van der Waals surface area contributed by atoms with Crippen molar-refractivity contribution in [1.29, 1.82) is 0 Å². The van der Waals surface area contributed by atoms with E-state index in [2.05, 4.69) is 15.3 Å². The fourth-order valence-corrected chi connectivity index (χ4v) is 3.88. The zero-order chi connectivity index (χ0) is 21.1. The average molecular weight is 410 g/mol. The van der Waals surface area contributed by atoms with Crippen molar-refractivity contribution in [3.05, 3.63) is 59.5 Å². The van der Waals surface area contributed by atoms with Crippen molar-refractivity contribution in [2.24, 2.45) is 0 Å². The molecule has 4 rings (SSSR count). The number of pyridine rings is 1. The van der Waals surface area contributed by atoms with Crippen molar-refractivity contribution in [3.8, 4) is 5.75 Å². The van der Waals surface area contributed by atoms with Gasteiger partial charge in [-0.1, -0.05) is 6.07 Å². The highest BCUT2D eigenvalue weighted by molar-refractivity contribution is 6.07. The number of amides is 1. The highest BCUT2D eigenvalue weighted by Gasteiger charge is 2.36. The number of carbonyl (C=O) groups is 1. The number of fused-ring (bicyclic) bond motifs is 1. The summed E-state index contributed by atoms with van der Waals surface area (Å²) in [5, 5.41) is 4.00. The summed E-state index contributed by atoms with van der Waals surface area (Å²) in [4.78, 5) is 22.2. The van der Waals surface area contributed by atoms with E-state index in [0.717, 1.165) is 22.2 Å². The summed E-state index contributed by atoms with van der Waals surface area (Å²) in [6.07, 6.45) is 4.17. The fourth-order valence-electron chi connectivity index (χ4n) is 3.88. The maximum Gasteiger partial charge on any atom is 0.256 e. The zero-order valence-corrected chi connectivity index (χ0v) is 17.4. The second kappa shape index (κ2) is 8.44. The topological polar surface area (TPSA) is 70.2 Å². The van der Waals surface area contributed by atoms with Gasteiger partial charge in [0, 0.05) is 62.3 Å². The average Bonchev–Trinajstić information content (AvgIpc) is 3.18. The third kappa shape index (κ3) is 4.31. The number of piperidine rings is 1. The second-order valence-corrected chi connectivity index (χ2v) is 7.99. The quantitative estimate of drug-likeness (QED) is 0.651. The van der Waals surface area contributed by atoms with E-state index >= 15 is 4.39 Å². The van der Waals surface area contributed by atoms with Gasteiger partial charge < -0.3 is 19.9 Å². The van der Waals surface area contributed by atoms with Crippen LogP contribution >= 0.6 is 0 Å². The van der Waals surface area contributed by atoms with Crippen LogP contribution in [-0.2, 0) is 6.54 Å². The monoisotopic (exact) mass is 410 g/mol. The van der Waals surface area contributed by atoms with E-state index in [4.69, 9.17) is 4.74 Å². The van der Waals surface area contributed by atoms with E-state index in [1.54, 1.807) is 18.2 Å². The minimum Gasteiger partial charge on any atom is -0.497 e. The number of methoxy groups -OCH3 is 1. The van der Waals surface area contributed by atoms with Gasteiger partial charge in [-0.05, 0) is 36.8 Å². The van der Waals surface area contributed by atoms with Crippen LogP contribution in [0, 0.1) is 6.92 Å². The molecule has 2 N–H and O–H groups in total. The highest BCUT2D eigenvalue weighted by atomic mass is 19.1. The first-order chi connectivity index (χ1) is 14.5. The number of rotatable bonds is 6. The molecule has 7 heteroatoms. The molecule has 1 aliphatic rings. The molecular weight excluding hydrogens is 383 g/mol. The molecular formula is C23H27FN4O2. The van der Waals surface area contributed by atoms with Gasteiger partial charge in [0.2, 0.25) is 0 Å². The molecule has 1 amide bonds. The van der Waals surface area contributed by atoms with Crippen LogP contribution in [0.3, 0.4) is 0 Å². The summed E-state index contributed by atoms with van der Waals surface area (Å²) in [5.41, 5.74) is 2.16. The number of aromatic nitrogens is 2. The van der Waals surface area contributed by atoms with Gasteiger partial charge in [0.1, 0.15) is 11.4 Å². The molecule has 6 nitrogen and oxygen atoms in total. The van der Waals surface area contributed by atoms with Crippen LogP contribution in [0.25, 0.3) is 10.9 Å². The number of carbonyl (C=O) groups excluding carboxylic acids is 1. The number of ether oxygens (including phenoxy) is 1. The summed E-state index contributed by atoms with van der Waals surface area (Å²) in [6, 6.07) is 9.54. The SMILES string of the molecule is COc1ccc2[nH]cc(C(=O)N3CCC(F)(CNCc4ccc(C)cn4)CC3)c2c1. The van der Waals surface area contributed by atoms with E-state index in [1.165, 1.54) is 0 Å². The third-order valence-electron chi connectivity index (χ3n) is 5.79. The molecule has 0 spiro atoms. The number of aromatic amines is 1. The summed E-state index contributed by atoms with van der Waals surface area (Å²) in [7, 11) is 1.60. The molecule has 0 unspecified atom stereocenters. The van der Waals surface area contributed by atoms with Crippen molar-refractivity contribution in [2.75, 3.05) is 26.7 Å². The molecule has 0 radical (unpaired) electrons. The van der Waals surface area contributed by atoms with Gasteiger partial charge in [-0.25, -0.2) is 4.39 Å². The lowest BCUT2D eigenvalue weighted by molar-refractivity contribution is 0.0436. The van der Waals surface area contributed by atoms with E-state index in [0.29, 0.717) is 43.8 Å². The third-order valence-corrected chi connectivity index (χ3v) is 5.79. The molecule has 0 saturated carbocycles. The van der Waals surface area contributed by atoms with E-state index in [1.807, 2.05) is 43.5 Å². The van der Waals surface area contributed by atoms with Crippen molar-refractivity contribution in [3.63, 3.8) is 0 Å². The van der Waals surface area contributed by atoms with Gasteiger partial charge >= 0.3 is 0 Å². The van der Waals surface area contributed by atoms with E-state index < -0.39 is 5.67 Å². The van der Waals surface area contributed by atoms with Gasteiger partial charge in [-0.15, -0.1) is 0 Å². The summed E-state index contributed by atoms with van der Waals surface area (Å²) in [5.74, 6) is 0.625. The second-order valence-electron chi connectivity index (χ2n) is 7.99. The molecule has 1 aliphatic heterocycles. The van der Waals surface area contributed by atoms with Gasteiger partial charge in [0.05, 0.1) is 18.4 Å². The summed E-state index contributed by atoms with van der Waals surface area (Å²) < 4.78 is 20.5. The number of nitrogens with one attached hydrogen (secondary N) is 2. The largest absolute Gasteiger partial charge is 0.497 e. The minimum absolute atomic E-state index is 0.0756. The number of hydrogen-bond acceptors (Lipinski definition) is 4. The van der Waals surface area contributed by atoms with Crippen LogP contribution < -0.4 is 10.1 Å². The number of H-pyrrole nitrogens is 1. The van der Waals surface area contributed by atoms with Crippen molar-refractivity contribution < 1.29 is 13.9 Å². The normalized spacial score (nSPS) is 16.0. The van der Waals surface area contributed by atoms with Gasteiger partial charge in [0.15, 0.2) is 0 Å². The van der Waals surface area contributed by atoms with Crippen LogP contribution in [0.2, 0.25) is 0 Å². The fraction of sp³-hybridized carbons (Fsp3) is 0.391. The first-order valence-corrected chi connectivity index (χ1v) is 10.2. The molecule has 1 fully saturated rings. The first-order valence-electron chi connectivity index (χ1n) is 10.2. The predicted molar refractivity (Wildman–Crippen MR) is 115 cm³/mol. The van der Waals surface area contributed by atoms with E-state index in [9.17, 15) is 4.79 Å². The smallest absolute Gasteiger partial charge is 0.256 e. The van der Waals surface area contributed by atoms with Gasteiger partial charge in [-0.2, -0.15) is 0 Å². The maximum absolute atomic E-state index is 15.2. The van der Waals surface area contributed by atoms with Crippen LogP contribution in [0.4, 0.5) is 4.39 Å². The summed E-state index contributed by atoms with van der Waals surface area (Å²) in [6.45, 7) is 3.58. The molecule has 158 valence electrons. The Morgan fingerprint density at radius 1 is 1.30 bits per heavy atom. The molecule has 2 aromatic heterocycles. The number of likely N-dealkylation sites (tertiary alicyclic amines) is 1. The molecule has 0 aliphatic carbocycles. The maximum atomic E-state index is 15.2. The van der Waals surface area contributed by atoms with Gasteiger partial charge in [0.25, 0.3) is 5.91 Å².